The van der Waals surface area contributed by atoms with E-state index in [-0.39, 0.29) is 0 Å². The average molecular weight is 250 g/mol. The number of hydrogen-bond donors (Lipinski definition) is 2. The van der Waals surface area contributed by atoms with Crippen molar-refractivity contribution in [3.63, 3.8) is 0 Å². The summed E-state index contributed by atoms with van der Waals surface area (Å²) in [6.45, 7) is 0. The van der Waals surface area contributed by atoms with Gasteiger partial charge in [0.05, 0.1) is 3.72 Å². The first-order chi connectivity index (χ1) is 4.72. The zero-order valence-electron chi connectivity index (χ0n) is 5.78. The second-order valence-corrected chi connectivity index (χ2v) is 3.60. The van der Waals surface area contributed by atoms with Crippen molar-refractivity contribution >= 4 is 26.3 Å². The molecule has 0 radical (unpaired) electrons. The Bertz CT molecular complexity index is 184. The molecule has 0 aliphatic heterocycles. The molecule has 0 aromatic rings. The highest BCUT2D eigenvalue weighted by Gasteiger charge is 2.11. The average Bonchev–Trinajstić information content (AvgIpc) is 1.88. The fourth-order valence-corrected chi connectivity index (χ4v) is 1.80. The van der Waals surface area contributed by atoms with E-state index in [0.29, 0.717) is 3.72 Å². The third-order valence-corrected chi connectivity index (χ3v) is 2.43. The number of nitrogens with two attached hydrogens (primary N) is 1. The Morgan fingerprint density at radius 2 is 2.00 bits per heavy atom. The van der Waals surface area contributed by atoms with Gasteiger partial charge in [0.2, 0.25) is 0 Å². The van der Waals surface area contributed by atoms with Gasteiger partial charge in [-0.25, -0.2) is 0 Å². The van der Waals surface area contributed by atoms with Crippen molar-refractivity contribution in [2.45, 2.75) is 25.7 Å². The van der Waals surface area contributed by atoms with Crippen molar-refractivity contribution in [1.82, 2.24) is 0 Å². The van der Waals surface area contributed by atoms with E-state index >= 15 is 0 Å². The fourth-order valence-electron chi connectivity index (χ4n) is 1.18. The number of allylic oxidation sites excluding steroid dienone is 2. The van der Waals surface area contributed by atoms with Crippen molar-refractivity contribution in [1.29, 1.82) is 5.41 Å². The van der Waals surface area contributed by atoms with Crippen molar-refractivity contribution < 1.29 is 0 Å². The number of rotatable bonds is 1. The number of halogens is 1. The van der Waals surface area contributed by atoms with E-state index in [1.165, 1.54) is 12.8 Å². The van der Waals surface area contributed by atoms with Crippen LogP contribution in [0.5, 0.6) is 0 Å². The first kappa shape index (κ1) is 8.04. The quantitative estimate of drug-likeness (QED) is 0.544. The second-order valence-electron chi connectivity index (χ2n) is 2.52. The van der Waals surface area contributed by atoms with Crippen LogP contribution in [0, 0.1) is 5.41 Å². The van der Waals surface area contributed by atoms with Crippen LogP contribution in [0.1, 0.15) is 25.7 Å². The van der Waals surface area contributed by atoms with Crippen LogP contribution in [-0.4, -0.2) is 3.72 Å². The first-order valence-corrected chi connectivity index (χ1v) is 4.51. The Kier molecular flexibility index (Phi) is 2.71. The summed E-state index contributed by atoms with van der Waals surface area (Å²) in [7, 11) is 0. The molecular formula is C7H11IN2. The van der Waals surface area contributed by atoms with E-state index in [9.17, 15) is 0 Å². The molecule has 0 saturated carbocycles. The van der Waals surface area contributed by atoms with E-state index in [1.807, 2.05) is 22.6 Å². The zero-order valence-corrected chi connectivity index (χ0v) is 7.94. The van der Waals surface area contributed by atoms with Crippen LogP contribution >= 0.6 is 22.6 Å². The lowest BCUT2D eigenvalue weighted by Crippen LogP contribution is -2.10. The van der Waals surface area contributed by atoms with Gasteiger partial charge in [-0.2, -0.15) is 0 Å². The molecule has 0 saturated heterocycles. The highest BCUT2D eigenvalue weighted by atomic mass is 127. The second kappa shape index (κ2) is 3.37. The standard InChI is InChI=1S/C7H11IN2/c8-7(10)5-3-1-2-4-6(5)9/h10H,1-4,9H2. The van der Waals surface area contributed by atoms with Crippen LogP contribution in [0.3, 0.4) is 0 Å². The Balaban J connectivity index is 2.78. The lowest BCUT2D eigenvalue weighted by Gasteiger charge is -2.14. The topological polar surface area (TPSA) is 49.9 Å². The summed E-state index contributed by atoms with van der Waals surface area (Å²) in [6, 6.07) is 0. The maximum Gasteiger partial charge on any atom is 0.0968 e. The molecule has 2 nitrogen and oxygen atoms in total. The molecule has 56 valence electrons. The third kappa shape index (κ3) is 1.71. The maximum absolute atomic E-state index is 7.37. The van der Waals surface area contributed by atoms with Gasteiger partial charge in [-0.3, -0.25) is 5.41 Å². The van der Waals surface area contributed by atoms with Crippen molar-refractivity contribution in [3.8, 4) is 0 Å². The van der Waals surface area contributed by atoms with Crippen LogP contribution in [0.15, 0.2) is 11.3 Å². The van der Waals surface area contributed by atoms with E-state index in [4.69, 9.17) is 11.1 Å². The molecule has 0 atom stereocenters. The minimum Gasteiger partial charge on any atom is -0.402 e. The van der Waals surface area contributed by atoms with Crippen LogP contribution < -0.4 is 5.73 Å². The molecule has 0 amide bonds. The lowest BCUT2D eigenvalue weighted by molar-refractivity contribution is 0.683. The summed E-state index contributed by atoms with van der Waals surface area (Å²) in [5.41, 5.74) is 7.73. The Morgan fingerprint density at radius 3 is 2.40 bits per heavy atom. The summed E-state index contributed by atoms with van der Waals surface area (Å²) >= 11 is 2.02. The minimum atomic E-state index is 0.620. The van der Waals surface area contributed by atoms with Gasteiger partial charge < -0.3 is 5.73 Å². The van der Waals surface area contributed by atoms with E-state index in [2.05, 4.69) is 0 Å². The van der Waals surface area contributed by atoms with Crippen LogP contribution in [0.25, 0.3) is 0 Å². The van der Waals surface area contributed by atoms with E-state index in [0.717, 1.165) is 24.1 Å². The molecule has 10 heavy (non-hydrogen) atoms. The summed E-state index contributed by atoms with van der Waals surface area (Å²) < 4.78 is 0.620. The molecule has 1 aliphatic carbocycles. The Hall–Kier alpha value is -0.0600. The van der Waals surface area contributed by atoms with Gasteiger partial charge in [0.15, 0.2) is 0 Å². The zero-order chi connectivity index (χ0) is 7.56. The molecule has 0 unspecified atom stereocenters. The van der Waals surface area contributed by atoms with Gasteiger partial charge in [-0.1, -0.05) is 0 Å². The van der Waals surface area contributed by atoms with Crippen molar-refractivity contribution in [2.24, 2.45) is 5.73 Å². The molecule has 3 heteroatoms. The molecule has 1 aliphatic rings. The van der Waals surface area contributed by atoms with Crippen molar-refractivity contribution in [3.05, 3.63) is 11.3 Å². The molecule has 0 bridgehead atoms. The molecule has 0 aromatic heterocycles. The summed E-state index contributed by atoms with van der Waals surface area (Å²) in [6.07, 6.45) is 4.38. The monoisotopic (exact) mass is 250 g/mol. The highest BCUT2D eigenvalue weighted by Crippen LogP contribution is 2.23. The van der Waals surface area contributed by atoms with E-state index in [1.54, 1.807) is 0 Å². The smallest absolute Gasteiger partial charge is 0.0968 e. The minimum absolute atomic E-state index is 0.620. The molecule has 0 heterocycles. The highest BCUT2D eigenvalue weighted by molar-refractivity contribution is 14.1. The lowest BCUT2D eigenvalue weighted by atomic mass is 9.98. The maximum atomic E-state index is 7.37. The van der Waals surface area contributed by atoms with Gasteiger partial charge in [0, 0.05) is 11.3 Å². The van der Waals surface area contributed by atoms with Gasteiger partial charge in [0.1, 0.15) is 0 Å². The predicted octanol–water partition coefficient (Wildman–Crippen LogP) is 2.19. The molecule has 1 rings (SSSR count). The van der Waals surface area contributed by atoms with Gasteiger partial charge in [-0.15, -0.1) is 0 Å². The predicted molar refractivity (Wildman–Crippen MR) is 51.4 cm³/mol. The Labute approximate surface area is 74.5 Å². The third-order valence-electron chi connectivity index (χ3n) is 1.78. The van der Waals surface area contributed by atoms with Crippen LogP contribution in [0.4, 0.5) is 0 Å². The number of nitrogens with one attached hydrogen (secondary N) is 1. The van der Waals surface area contributed by atoms with Gasteiger partial charge in [-0.05, 0) is 48.3 Å². The van der Waals surface area contributed by atoms with E-state index < -0.39 is 0 Å². The summed E-state index contributed by atoms with van der Waals surface area (Å²) in [4.78, 5) is 0. The normalized spacial score (nSPS) is 19.3. The first-order valence-electron chi connectivity index (χ1n) is 3.43. The number of hydrogen-bond acceptors (Lipinski definition) is 2. The molecular weight excluding hydrogens is 239 g/mol. The molecule has 0 fully saturated rings. The van der Waals surface area contributed by atoms with Gasteiger partial charge in [0.25, 0.3) is 0 Å². The molecule has 0 aromatic carbocycles. The summed E-state index contributed by atoms with van der Waals surface area (Å²) in [5, 5.41) is 7.37. The SMILES string of the molecule is N=C(I)C1=C(N)CCCC1. The Morgan fingerprint density at radius 1 is 1.40 bits per heavy atom. The fraction of sp³-hybridized carbons (Fsp3) is 0.571. The molecule has 0 spiro atoms. The van der Waals surface area contributed by atoms with Gasteiger partial charge >= 0.3 is 0 Å². The largest absolute Gasteiger partial charge is 0.402 e. The summed E-state index contributed by atoms with van der Waals surface area (Å²) in [5.74, 6) is 0. The molecule has 3 N–H and O–H groups in total. The van der Waals surface area contributed by atoms with Crippen molar-refractivity contribution in [2.75, 3.05) is 0 Å². The van der Waals surface area contributed by atoms with Crippen LogP contribution in [0.2, 0.25) is 0 Å². The van der Waals surface area contributed by atoms with Crippen LogP contribution in [-0.2, 0) is 0 Å².